The zero-order valence-corrected chi connectivity index (χ0v) is 11.8. The predicted octanol–water partition coefficient (Wildman–Crippen LogP) is 1.17. The Hall–Kier alpha value is -2.26. The molecule has 2 aromatic rings. The first kappa shape index (κ1) is 15.1. The van der Waals surface area contributed by atoms with Crippen LogP contribution in [0.1, 0.15) is 10.4 Å². The molecule has 0 aliphatic carbocycles. The van der Waals surface area contributed by atoms with Crippen molar-refractivity contribution in [2.45, 2.75) is 4.90 Å². The van der Waals surface area contributed by atoms with Gasteiger partial charge in [0.2, 0.25) is 5.28 Å². The second-order valence-corrected chi connectivity index (χ2v) is 5.87. The highest BCUT2D eigenvalue weighted by molar-refractivity contribution is 7.92. The van der Waals surface area contributed by atoms with Crippen LogP contribution >= 0.6 is 11.6 Å². The maximum Gasteiger partial charge on any atom is 0.264 e. The van der Waals surface area contributed by atoms with E-state index in [1.807, 2.05) is 0 Å². The SMILES string of the molecule is NC(=O)c1cc(NS(=O)(=O)c2cnc(Cl)nc2)ccc1F. The first-order chi connectivity index (χ1) is 9.79. The fourth-order valence-corrected chi connectivity index (χ4v) is 2.47. The number of primary amides is 1. The van der Waals surface area contributed by atoms with E-state index in [9.17, 15) is 17.6 Å². The summed E-state index contributed by atoms with van der Waals surface area (Å²) in [5.41, 5.74) is 4.53. The van der Waals surface area contributed by atoms with E-state index in [0.717, 1.165) is 30.6 Å². The van der Waals surface area contributed by atoms with Gasteiger partial charge in [-0.1, -0.05) is 0 Å². The minimum absolute atomic E-state index is 0.0276. The molecule has 7 nitrogen and oxygen atoms in total. The Morgan fingerprint density at radius 1 is 1.29 bits per heavy atom. The third-order valence-corrected chi connectivity index (χ3v) is 3.92. The Balaban J connectivity index is 2.35. The molecular formula is C11H8ClFN4O3S. The van der Waals surface area contributed by atoms with E-state index in [-0.39, 0.29) is 15.9 Å². The molecule has 0 atom stereocenters. The molecule has 1 aromatic heterocycles. The molecule has 0 bridgehead atoms. The summed E-state index contributed by atoms with van der Waals surface area (Å²) in [6.45, 7) is 0. The third kappa shape index (κ3) is 3.44. The monoisotopic (exact) mass is 330 g/mol. The number of carbonyl (C=O) groups is 1. The second-order valence-electron chi connectivity index (χ2n) is 3.85. The Bertz CT molecular complexity index is 796. The Morgan fingerprint density at radius 3 is 2.48 bits per heavy atom. The first-order valence-electron chi connectivity index (χ1n) is 5.39. The van der Waals surface area contributed by atoms with E-state index >= 15 is 0 Å². The molecule has 1 amide bonds. The largest absolute Gasteiger partial charge is 0.366 e. The number of rotatable bonds is 4. The highest BCUT2D eigenvalue weighted by Crippen LogP contribution is 2.18. The van der Waals surface area contributed by atoms with Crippen molar-refractivity contribution >= 4 is 33.2 Å². The van der Waals surface area contributed by atoms with E-state index in [0.29, 0.717) is 0 Å². The third-order valence-electron chi connectivity index (χ3n) is 2.39. The molecule has 0 saturated carbocycles. The number of aromatic nitrogens is 2. The Morgan fingerprint density at radius 2 is 1.90 bits per heavy atom. The summed E-state index contributed by atoms with van der Waals surface area (Å²) < 4.78 is 39.5. The molecule has 3 N–H and O–H groups in total. The molecule has 10 heteroatoms. The maximum atomic E-state index is 13.3. The summed E-state index contributed by atoms with van der Waals surface area (Å²) in [6.07, 6.45) is 2.02. The molecule has 2 rings (SSSR count). The Labute approximate surface area is 124 Å². The molecule has 1 heterocycles. The van der Waals surface area contributed by atoms with Gasteiger partial charge in [-0.3, -0.25) is 9.52 Å². The molecule has 0 unspecified atom stereocenters. The second kappa shape index (κ2) is 5.62. The topological polar surface area (TPSA) is 115 Å². The number of anilines is 1. The number of halogens is 2. The van der Waals surface area contributed by atoms with Gasteiger partial charge in [0, 0.05) is 5.69 Å². The lowest BCUT2D eigenvalue weighted by atomic mass is 10.2. The summed E-state index contributed by atoms with van der Waals surface area (Å²) in [4.78, 5) is 17.9. The van der Waals surface area contributed by atoms with Crippen molar-refractivity contribution in [2.75, 3.05) is 4.72 Å². The molecular weight excluding hydrogens is 323 g/mol. The zero-order valence-electron chi connectivity index (χ0n) is 10.2. The van der Waals surface area contributed by atoms with Gasteiger partial charge in [0.15, 0.2) is 0 Å². The summed E-state index contributed by atoms with van der Waals surface area (Å²) in [7, 11) is -3.99. The van der Waals surface area contributed by atoms with Crippen LogP contribution in [0.2, 0.25) is 5.28 Å². The molecule has 0 aliphatic heterocycles. The molecule has 0 radical (unpaired) electrons. The van der Waals surface area contributed by atoms with Gasteiger partial charge in [-0.15, -0.1) is 0 Å². The molecule has 0 fully saturated rings. The van der Waals surface area contributed by atoms with Crippen molar-refractivity contribution in [3.63, 3.8) is 0 Å². The minimum Gasteiger partial charge on any atom is -0.366 e. The van der Waals surface area contributed by atoms with E-state index in [1.54, 1.807) is 0 Å². The molecule has 1 aromatic carbocycles. The van der Waals surface area contributed by atoms with Crippen molar-refractivity contribution in [3.8, 4) is 0 Å². The highest BCUT2D eigenvalue weighted by atomic mass is 35.5. The average molecular weight is 331 g/mol. The summed E-state index contributed by atoms with van der Waals surface area (Å²) in [6, 6.07) is 3.07. The quantitative estimate of drug-likeness (QED) is 0.816. The minimum atomic E-state index is -3.99. The molecule has 110 valence electrons. The van der Waals surface area contributed by atoms with Gasteiger partial charge < -0.3 is 5.73 Å². The van der Waals surface area contributed by atoms with Crippen LogP contribution in [0, 0.1) is 5.82 Å². The van der Waals surface area contributed by atoms with Crippen LogP contribution in [0.5, 0.6) is 0 Å². The smallest absolute Gasteiger partial charge is 0.264 e. The van der Waals surface area contributed by atoms with Crippen molar-refractivity contribution < 1.29 is 17.6 Å². The standard InChI is InChI=1S/C11H8ClFN4O3S/c12-11-15-4-7(5-16-11)21(19,20)17-6-1-2-9(13)8(3-6)10(14)18/h1-5,17H,(H2,14,18). The predicted molar refractivity (Wildman–Crippen MR) is 72.8 cm³/mol. The summed E-state index contributed by atoms with van der Waals surface area (Å²) in [5, 5.41) is -0.105. The van der Waals surface area contributed by atoms with Crippen molar-refractivity contribution in [1.82, 2.24) is 9.97 Å². The van der Waals surface area contributed by atoms with Crippen LogP contribution in [0.4, 0.5) is 10.1 Å². The normalized spacial score (nSPS) is 11.1. The first-order valence-corrected chi connectivity index (χ1v) is 7.25. The number of sulfonamides is 1. The van der Waals surface area contributed by atoms with E-state index in [1.165, 1.54) is 0 Å². The van der Waals surface area contributed by atoms with Gasteiger partial charge in [-0.25, -0.2) is 22.8 Å². The number of nitrogens with two attached hydrogens (primary N) is 1. The molecule has 21 heavy (non-hydrogen) atoms. The van der Waals surface area contributed by atoms with Gasteiger partial charge in [0.05, 0.1) is 18.0 Å². The Kier molecular flexibility index (Phi) is 4.05. The fourth-order valence-electron chi connectivity index (χ4n) is 1.43. The average Bonchev–Trinajstić information content (AvgIpc) is 2.41. The van der Waals surface area contributed by atoms with Crippen molar-refractivity contribution in [3.05, 3.63) is 47.3 Å². The van der Waals surface area contributed by atoms with Gasteiger partial charge >= 0.3 is 0 Å². The maximum absolute atomic E-state index is 13.3. The van der Waals surface area contributed by atoms with Gasteiger partial charge in [-0.2, -0.15) is 0 Å². The van der Waals surface area contributed by atoms with Crippen molar-refractivity contribution in [2.24, 2.45) is 5.73 Å². The van der Waals surface area contributed by atoms with E-state index in [2.05, 4.69) is 14.7 Å². The number of carbonyl (C=O) groups excluding carboxylic acids is 1. The van der Waals surface area contributed by atoms with Gasteiger partial charge in [0.1, 0.15) is 10.7 Å². The lowest BCUT2D eigenvalue weighted by Gasteiger charge is -2.08. The lowest BCUT2D eigenvalue weighted by molar-refractivity contribution is 0.0996. The molecule has 0 saturated heterocycles. The van der Waals surface area contributed by atoms with Crippen LogP contribution in [0.15, 0.2) is 35.5 Å². The van der Waals surface area contributed by atoms with Gasteiger partial charge in [0.25, 0.3) is 15.9 Å². The van der Waals surface area contributed by atoms with Crippen LogP contribution in [0.3, 0.4) is 0 Å². The summed E-state index contributed by atoms with van der Waals surface area (Å²) in [5.74, 6) is -1.86. The number of benzene rings is 1. The van der Waals surface area contributed by atoms with Gasteiger partial charge in [-0.05, 0) is 29.8 Å². The van der Waals surface area contributed by atoms with E-state index < -0.39 is 27.3 Å². The van der Waals surface area contributed by atoms with Crippen LogP contribution in [0.25, 0.3) is 0 Å². The lowest BCUT2D eigenvalue weighted by Crippen LogP contribution is -2.16. The number of nitrogens with one attached hydrogen (secondary N) is 1. The van der Waals surface area contributed by atoms with Crippen LogP contribution in [-0.4, -0.2) is 24.3 Å². The van der Waals surface area contributed by atoms with E-state index in [4.69, 9.17) is 17.3 Å². The highest BCUT2D eigenvalue weighted by Gasteiger charge is 2.17. The molecule has 0 aliphatic rings. The number of nitrogens with zero attached hydrogens (tertiary/aromatic N) is 2. The number of amides is 1. The summed E-state index contributed by atoms with van der Waals surface area (Å²) >= 11 is 5.46. The van der Waals surface area contributed by atoms with Crippen LogP contribution in [-0.2, 0) is 10.0 Å². The number of hydrogen-bond donors (Lipinski definition) is 2. The fraction of sp³-hybridized carbons (Fsp3) is 0. The molecule has 0 spiro atoms. The zero-order chi connectivity index (χ0) is 15.6. The number of hydrogen-bond acceptors (Lipinski definition) is 5. The van der Waals surface area contributed by atoms with Crippen LogP contribution < -0.4 is 10.5 Å². The van der Waals surface area contributed by atoms with Crippen molar-refractivity contribution in [1.29, 1.82) is 0 Å².